The van der Waals surface area contributed by atoms with Gasteiger partial charge in [-0.05, 0) is 46.6 Å². The molecule has 0 N–H and O–H groups in total. The van der Waals surface area contributed by atoms with Gasteiger partial charge in [-0.1, -0.05) is 24.0 Å². The second-order valence-electron chi connectivity index (χ2n) is 7.20. The second kappa shape index (κ2) is 12.5. The smallest absolute Gasteiger partial charge is 0.307 e. The predicted octanol–water partition coefficient (Wildman–Crippen LogP) is 2.85. The van der Waals surface area contributed by atoms with Gasteiger partial charge >= 0.3 is 5.97 Å². The number of ether oxygens (including phenoxy) is 4. The van der Waals surface area contributed by atoms with Gasteiger partial charge in [0, 0.05) is 19.6 Å². The van der Waals surface area contributed by atoms with Crippen LogP contribution in [0.4, 0.5) is 0 Å². The first kappa shape index (κ1) is 26.5. The molecule has 184 valence electrons. The summed E-state index contributed by atoms with van der Waals surface area (Å²) in [4.78, 5) is 40.4. The molecule has 0 bridgehead atoms. The summed E-state index contributed by atoms with van der Waals surface area (Å²) in [6.45, 7) is 4.16. The van der Waals surface area contributed by atoms with Gasteiger partial charge in [-0.15, -0.1) is 0 Å². The van der Waals surface area contributed by atoms with Gasteiger partial charge in [0.05, 0.1) is 42.7 Å². The molecule has 0 aromatic heterocycles. The molecular weight excluding hydrogens is 548 g/mol. The Morgan fingerprint density at radius 1 is 1.29 bits per heavy atom. The number of benzene rings is 1. The first-order valence-electron chi connectivity index (χ1n) is 10.6. The monoisotopic (exact) mass is 572 g/mol. The molecule has 9 nitrogen and oxygen atoms in total. The molecule has 2 amide bonds. The van der Waals surface area contributed by atoms with Crippen molar-refractivity contribution in [1.29, 1.82) is 0 Å². The van der Waals surface area contributed by atoms with Crippen LogP contribution < -0.4 is 9.47 Å². The quantitative estimate of drug-likeness (QED) is 0.251. The average Bonchev–Trinajstić information content (AvgIpc) is 3.09. The number of thioether (sulfide) groups is 1. The summed E-state index contributed by atoms with van der Waals surface area (Å²) in [6, 6.07) is 3.48. The molecule has 0 saturated carbocycles. The number of methoxy groups -OCH3 is 1. The molecule has 2 aliphatic rings. The number of hydrogen-bond donors (Lipinski definition) is 0. The third-order valence-corrected chi connectivity index (χ3v) is 6.94. The van der Waals surface area contributed by atoms with Crippen molar-refractivity contribution >= 4 is 68.1 Å². The molecule has 2 heterocycles. The molecule has 0 atom stereocenters. The molecule has 0 radical (unpaired) electrons. The summed E-state index contributed by atoms with van der Waals surface area (Å²) in [6.07, 6.45) is 1.77. The van der Waals surface area contributed by atoms with E-state index in [2.05, 4.69) is 15.9 Å². The first-order valence-corrected chi connectivity index (χ1v) is 12.6. The summed E-state index contributed by atoms with van der Waals surface area (Å²) >= 11 is 9.95. The van der Waals surface area contributed by atoms with Crippen LogP contribution in [0.15, 0.2) is 21.5 Å². The van der Waals surface area contributed by atoms with Crippen LogP contribution >= 0.6 is 39.9 Å². The third kappa shape index (κ3) is 6.71. The highest BCUT2D eigenvalue weighted by molar-refractivity contribution is 9.10. The molecule has 2 aliphatic heterocycles. The van der Waals surface area contributed by atoms with Crippen LogP contribution in [-0.2, 0) is 23.9 Å². The molecule has 2 fully saturated rings. The maximum atomic E-state index is 12.8. The molecule has 34 heavy (non-hydrogen) atoms. The maximum absolute atomic E-state index is 12.8. The number of amides is 2. The zero-order valence-electron chi connectivity index (χ0n) is 18.8. The second-order valence-corrected chi connectivity index (χ2v) is 9.73. The lowest BCUT2D eigenvalue weighted by Crippen LogP contribution is -2.43. The topological polar surface area (TPSA) is 94.6 Å². The zero-order chi connectivity index (χ0) is 24.7. The van der Waals surface area contributed by atoms with Crippen LogP contribution in [0.2, 0.25) is 0 Å². The van der Waals surface area contributed by atoms with E-state index in [0.29, 0.717) is 57.1 Å². The maximum Gasteiger partial charge on any atom is 0.307 e. The normalized spacial score (nSPS) is 17.3. The lowest BCUT2D eigenvalue weighted by molar-refractivity contribution is -0.143. The Bertz CT molecular complexity index is 996. The molecule has 3 rings (SSSR count). The Morgan fingerprint density at radius 2 is 2.03 bits per heavy atom. The van der Waals surface area contributed by atoms with Crippen LogP contribution in [0.1, 0.15) is 18.9 Å². The average molecular weight is 573 g/mol. The van der Waals surface area contributed by atoms with Crippen molar-refractivity contribution in [3.63, 3.8) is 0 Å². The van der Waals surface area contributed by atoms with E-state index in [4.69, 9.17) is 31.2 Å². The lowest BCUT2D eigenvalue weighted by atomic mass is 10.2. The summed E-state index contributed by atoms with van der Waals surface area (Å²) in [5.41, 5.74) is 0.682. The van der Waals surface area contributed by atoms with Gasteiger partial charge in [-0.2, -0.15) is 0 Å². The van der Waals surface area contributed by atoms with E-state index < -0.39 is 0 Å². The molecule has 12 heteroatoms. The summed E-state index contributed by atoms with van der Waals surface area (Å²) in [7, 11) is 1.50. The van der Waals surface area contributed by atoms with Gasteiger partial charge in [0.25, 0.3) is 11.8 Å². The largest absolute Gasteiger partial charge is 0.493 e. The van der Waals surface area contributed by atoms with Crippen molar-refractivity contribution in [1.82, 2.24) is 9.80 Å². The van der Waals surface area contributed by atoms with Crippen molar-refractivity contribution in [2.45, 2.75) is 13.3 Å². The minimum Gasteiger partial charge on any atom is -0.493 e. The van der Waals surface area contributed by atoms with E-state index in [1.807, 2.05) is 0 Å². The number of thiocarbonyl (C=S) groups is 1. The number of carbonyl (C=O) groups is 3. The number of rotatable bonds is 9. The number of halogens is 1. The summed E-state index contributed by atoms with van der Waals surface area (Å²) in [5.74, 6) is 0.0203. The minimum atomic E-state index is -0.378. The van der Waals surface area contributed by atoms with Gasteiger partial charge in [0.2, 0.25) is 0 Å². The Labute approximate surface area is 215 Å². The van der Waals surface area contributed by atoms with E-state index in [-0.39, 0.29) is 44.0 Å². The number of esters is 1. The first-order chi connectivity index (χ1) is 16.3. The highest BCUT2D eigenvalue weighted by Crippen LogP contribution is 2.39. The van der Waals surface area contributed by atoms with Gasteiger partial charge in [0.15, 0.2) is 18.1 Å². The molecule has 2 saturated heterocycles. The highest BCUT2D eigenvalue weighted by atomic mass is 79.9. The third-order valence-electron chi connectivity index (χ3n) is 4.97. The Kier molecular flexibility index (Phi) is 9.74. The molecular formula is C22H25BrN2O7S2. The van der Waals surface area contributed by atoms with E-state index in [1.54, 1.807) is 30.0 Å². The van der Waals surface area contributed by atoms with Gasteiger partial charge < -0.3 is 23.8 Å². The fourth-order valence-electron chi connectivity index (χ4n) is 3.28. The number of nitrogens with zero attached hydrogens (tertiary/aromatic N) is 2. The molecule has 1 aromatic carbocycles. The Balaban J connectivity index is 1.69. The van der Waals surface area contributed by atoms with E-state index in [0.717, 1.165) is 11.8 Å². The van der Waals surface area contributed by atoms with Crippen molar-refractivity contribution < 1.29 is 33.3 Å². The lowest BCUT2D eigenvalue weighted by Gasteiger charge is -2.27. The van der Waals surface area contributed by atoms with Crippen LogP contribution in [0.5, 0.6) is 11.5 Å². The predicted molar refractivity (Wildman–Crippen MR) is 135 cm³/mol. The van der Waals surface area contributed by atoms with Crippen LogP contribution in [0.3, 0.4) is 0 Å². The fourth-order valence-corrected chi connectivity index (χ4v) is 5.16. The van der Waals surface area contributed by atoms with Crippen molar-refractivity contribution in [2.75, 3.05) is 53.2 Å². The number of morpholine rings is 1. The Hall–Kier alpha value is -2.15. The standard InChI is InChI=1S/C22H25BrN2O7S2/c1-3-31-19(27)4-5-25-21(28)17(34-22(25)33)12-14-10-15(23)20(16(11-14)29-2)32-13-18(26)24-6-8-30-9-7-24/h10-12H,3-9,13H2,1-2H3/b17-12+. The molecule has 1 aromatic rings. The van der Waals surface area contributed by atoms with Crippen LogP contribution in [-0.4, -0.2) is 85.1 Å². The Morgan fingerprint density at radius 3 is 2.71 bits per heavy atom. The van der Waals surface area contributed by atoms with Crippen LogP contribution in [0, 0.1) is 0 Å². The van der Waals surface area contributed by atoms with E-state index in [1.165, 1.54) is 12.0 Å². The van der Waals surface area contributed by atoms with Gasteiger partial charge in [-0.25, -0.2) is 0 Å². The zero-order valence-corrected chi connectivity index (χ0v) is 22.1. The summed E-state index contributed by atoms with van der Waals surface area (Å²) < 4.78 is 22.4. The minimum absolute atomic E-state index is 0.0716. The highest BCUT2D eigenvalue weighted by Gasteiger charge is 2.32. The van der Waals surface area contributed by atoms with Gasteiger partial charge in [-0.3, -0.25) is 19.3 Å². The van der Waals surface area contributed by atoms with Crippen molar-refractivity contribution in [3.8, 4) is 11.5 Å². The number of hydrogen-bond acceptors (Lipinski definition) is 9. The van der Waals surface area contributed by atoms with E-state index in [9.17, 15) is 14.4 Å². The van der Waals surface area contributed by atoms with E-state index >= 15 is 0 Å². The molecule has 0 aliphatic carbocycles. The number of carbonyl (C=O) groups excluding carboxylic acids is 3. The molecule has 0 unspecified atom stereocenters. The summed E-state index contributed by atoms with van der Waals surface area (Å²) in [5, 5.41) is 0. The van der Waals surface area contributed by atoms with Gasteiger partial charge in [0.1, 0.15) is 4.32 Å². The molecule has 0 spiro atoms. The van der Waals surface area contributed by atoms with Crippen molar-refractivity contribution in [2.24, 2.45) is 0 Å². The van der Waals surface area contributed by atoms with Crippen molar-refractivity contribution in [3.05, 3.63) is 27.1 Å². The SMILES string of the molecule is CCOC(=O)CCN1C(=O)/C(=C\c2cc(Br)c(OCC(=O)N3CCOCC3)c(OC)c2)SC1=S. The fraction of sp³-hybridized carbons (Fsp3) is 0.455. The van der Waals surface area contributed by atoms with Crippen LogP contribution in [0.25, 0.3) is 6.08 Å².